The van der Waals surface area contributed by atoms with E-state index in [2.05, 4.69) is 4.74 Å². The fraction of sp³-hybridized carbons (Fsp3) is 0.667. The van der Waals surface area contributed by atoms with Crippen molar-refractivity contribution in [2.45, 2.75) is 0 Å². The first-order chi connectivity index (χ1) is 3.95. The van der Waals surface area contributed by atoms with Gasteiger partial charge in [0.1, 0.15) is 0 Å². The molecule has 3 heteroatoms. The van der Waals surface area contributed by atoms with Crippen molar-refractivity contribution in [3.8, 4) is 0 Å². The maximum atomic E-state index is 10.1. The lowest BCUT2D eigenvalue weighted by molar-refractivity contribution is -0.138. The van der Waals surface area contributed by atoms with Gasteiger partial charge in [0.05, 0.1) is 17.7 Å². The highest BCUT2D eigenvalue weighted by Crippen LogP contribution is 1.61. The zero-order chi connectivity index (χ0) is 7.49. The average Bonchev–Trinajstić information content (AvgIpc) is 1.62. The molecule has 0 fully saturated rings. The third-order valence-electron chi connectivity index (χ3n) is 0.281. The quantitative estimate of drug-likeness (QED) is 0.427. The molecule has 0 bridgehead atoms. The number of ether oxygens (including phenoxy) is 1. The van der Waals surface area contributed by atoms with Crippen LogP contribution in [0.4, 0.5) is 0 Å². The van der Waals surface area contributed by atoms with Crippen molar-refractivity contribution in [1.82, 2.24) is 0 Å². The molecular weight excluding hydrogens is 82.0 g/mol. The van der Waals surface area contributed by atoms with Crippen LogP contribution in [-0.2, 0) is 9.53 Å². The number of hydrogen-bond acceptors (Lipinski definition) is 3. The van der Waals surface area contributed by atoms with E-state index >= 15 is 0 Å². The van der Waals surface area contributed by atoms with Crippen molar-refractivity contribution in [2.75, 3.05) is 13.6 Å². The summed E-state index contributed by atoms with van der Waals surface area (Å²) in [5.41, 5.74) is 4.75. The second kappa shape index (κ2) is 2.66. The van der Waals surface area contributed by atoms with Gasteiger partial charge < -0.3 is 10.5 Å². The Labute approximate surface area is 40.3 Å². The number of carbonyl (C=O) groups is 1. The van der Waals surface area contributed by atoms with Crippen molar-refractivity contribution in [3.63, 3.8) is 0 Å². The van der Waals surface area contributed by atoms with Gasteiger partial charge in [-0.05, 0) is 0 Å². The van der Waals surface area contributed by atoms with Crippen molar-refractivity contribution in [1.29, 1.82) is 0 Å². The van der Waals surface area contributed by atoms with Crippen molar-refractivity contribution in [2.24, 2.45) is 5.73 Å². The maximum Gasteiger partial charge on any atom is 0.319 e. The minimum Gasteiger partial charge on any atom is -0.468 e. The summed E-state index contributed by atoms with van der Waals surface area (Å²) in [7, 11) is -2.66. The highest BCUT2D eigenvalue weighted by Gasteiger charge is 1.87. The van der Waals surface area contributed by atoms with Crippen LogP contribution in [0.25, 0.3) is 0 Å². The molecule has 0 amide bonds. The summed E-state index contributed by atoms with van der Waals surface area (Å²) in [6.45, 7) is -0.404. The Morgan fingerprint density at radius 2 is 3.00 bits per heavy atom. The van der Waals surface area contributed by atoms with E-state index < -0.39 is 19.6 Å². The van der Waals surface area contributed by atoms with Gasteiger partial charge in [-0.1, -0.05) is 0 Å². The van der Waals surface area contributed by atoms with Gasteiger partial charge in [0.15, 0.2) is 0 Å². The van der Waals surface area contributed by atoms with Gasteiger partial charge >= 0.3 is 5.97 Å². The van der Waals surface area contributed by atoms with Crippen molar-refractivity contribution < 1.29 is 13.6 Å². The van der Waals surface area contributed by atoms with Crippen LogP contribution < -0.4 is 5.73 Å². The van der Waals surface area contributed by atoms with Gasteiger partial charge in [-0.2, -0.15) is 0 Å². The molecule has 36 valence electrons. The first-order valence-corrected chi connectivity index (χ1v) is 1.37. The second-order valence-electron chi connectivity index (χ2n) is 0.678. The zero-order valence-corrected chi connectivity index (χ0v) is 3.10. The molecule has 0 rings (SSSR count). The van der Waals surface area contributed by atoms with Crippen LogP contribution in [-0.4, -0.2) is 19.6 Å². The average molecular weight is 92.1 g/mol. The molecule has 0 radical (unpaired) electrons. The van der Waals surface area contributed by atoms with E-state index in [0.29, 0.717) is 0 Å². The maximum absolute atomic E-state index is 10.1. The van der Waals surface area contributed by atoms with Gasteiger partial charge in [-0.15, -0.1) is 0 Å². The van der Waals surface area contributed by atoms with Crippen molar-refractivity contribution in [3.05, 3.63) is 0 Å². The van der Waals surface area contributed by atoms with Crippen LogP contribution in [0.2, 0.25) is 0 Å². The Bertz CT molecular complexity index is 110. The van der Waals surface area contributed by atoms with Gasteiger partial charge in [0.25, 0.3) is 0 Å². The number of hydrogen-bond donors (Lipinski definition) is 1. The van der Waals surface area contributed by atoms with Gasteiger partial charge in [0, 0.05) is 0 Å². The van der Waals surface area contributed by atoms with Gasteiger partial charge in [0.2, 0.25) is 0 Å². The molecular formula is C3H7NO2. The smallest absolute Gasteiger partial charge is 0.319 e. The molecule has 0 saturated carbocycles. The number of methoxy groups -OCH3 is 1. The summed E-state index contributed by atoms with van der Waals surface area (Å²) in [6.07, 6.45) is 0. The highest BCUT2D eigenvalue weighted by molar-refractivity contribution is 5.70. The first-order valence-electron chi connectivity index (χ1n) is 2.87. The fourth-order valence-electron chi connectivity index (χ4n) is 0.0417. The Morgan fingerprint density at radius 1 is 2.33 bits per heavy atom. The van der Waals surface area contributed by atoms with E-state index in [1.165, 1.54) is 0 Å². The molecule has 0 aliphatic heterocycles. The molecule has 3 nitrogen and oxygen atoms in total. The van der Waals surface area contributed by atoms with E-state index in [9.17, 15) is 4.79 Å². The highest BCUT2D eigenvalue weighted by atomic mass is 16.5. The van der Waals surface area contributed by atoms with Crippen LogP contribution >= 0.6 is 0 Å². The molecule has 0 aromatic rings. The molecule has 0 heterocycles. The minimum atomic E-state index is -2.66. The summed E-state index contributed by atoms with van der Waals surface area (Å²) in [5, 5.41) is 0. The number of esters is 1. The minimum absolute atomic E-state index is 0.404. The molecule has 0 unspecified atom stereocenters. The Hall–Kier alpha value is -0.570. The summed E-state index contributed by atoms with van der Waals surface area (Å²) in [6, 6.07) is 0. The third-order valence-corrected chi connectivity index (χ3v) is 0.281. The Morgan fingerprint density at radius 3 is 3.17 bits per heavy atom. The Kier molecular flexibility index (Phi) is 0.854. The van der Waals surface area contributed by atoms with E-state index in [1.54, 1.807) is 0 Å². The second-order valence-corrected chi connectivity index (χ2v) is 0.678. The molecule has 0 saturated heterocycles. The molecule has 0 spiro atoms. The third kappa shape index (κ3) is 1.72. The lowest BCUT2D eigenvalue weighted by atomic mass is 10.7. The molecule has 0 aromatic carbocycles. The fourth-order valence-corrected chi connectivity index (χ4v) is 0.0417. The van der Waals surface area contributed by atoms with E-state index in [1.807, 2.05) is 0 Å². The van der Waals surface area contributed by atoms with Crippen LogP contribution in [0.3, 0.4) is 0 Å². The Balaban J connectivity index is 3.60. The van der Waals surface area contributed by atoms with Crippen LogP contribution in [0, 0.1) is 0 Å². The largest absolute Gasteiger partial charge is 0.468 e. The number of carbonyl (C=O) groups excluding carboxylic acids is 1. The summed E-state index contributed by atoms with van der Waals surface area (Å²) in [4.78, 5) is 10.1. The van der Waals surface area contributed by atoms with E-state index in [4.69, 9.17) is 9.85 Å². The van der Waals surface area contributed by atoms with Crippen LogP contribution in [0.1, 0.15) is 4.11 Å². The van der Waals surface area contributed by atoms with Crippen LogP contribution in [0.5, 0.6) is 0 Å². The summed E-state index contributed by atoms with van der Waals surface area (Å²) < 4.78 is 23.0. The van der Waals surface area contributed by atoms with Gasteiger partial charge in [-0.25, -0.2) is 0 Å². The zero-order valence-electron chi connectivity index (χ0n) is 6.10. The normalized spacial score (nSPS) is 17.2. The standard InChI is InChI=1S/C3H7NO2/c1-6-3(5)2-4/h2,4H2,1H3/i1D3. The molecule has 6 heavy (non-hydrogen) atoms. The van der Waals surface area contributed by atoms with E-state index in [0.717, 1.165) is 0 Å². The molecule has 0 atom stereocenters. The molecule has 0 aliphatic rings. The predicted molar refractivity (Wildman–Crippen MR) is 21.1 cm³/mol. The summed E-state index contributed by atoms with van der Waals surface area (Å²) >= 11 is 0. The van der Waals surface area contributed by atoms with Gasteiger partial charge in [-0.3, -0.25) is 4.79 Å². The monoisotopic (exact) mass is 92.1 g/mol. The first kappa shape index (κ1) is 1.93. The SMILES string of the molecule is [2H]C([2H])([2H])OC(=O)CN. The van der Waals surface area contributed by atoms with E-state index in [-0.39, 0.29) is 0 Å². The van der Waals surface area contributed by atoms with Crippen molar-refractivity contribution >= 4 is 5.97 Å². The van der Waals surface area contributed by atoms with Crippen LogP contribution in [0.15, 0.2) is 0 Å². The summed E-state index contributed by atoms with van der Waals surface area (Å²) in [5.74, 6) is -0.921. The predicted octanol–water partition coefficient (Wildman–Crippen LogP) is -0.882. The number of rotatable bonds is 1. The lowest BCUT2D eigenvalue weighted by Crippen LogP contribution is -2.14. The topological polar surface area (TPSA) is 52.3 Å². The molecule has 2 N–H and O–H groups in total. The molecule has 0 aliphatic carbocycles. The lowest BCUT2D eigenvalue weighted by Gasteiger charge is -1.87. The number of nitrogens with two attached hydrogens (primary N) is 1. The molecule has 0 aromatic heterocycles.